The van der Waals surface area contributed by atoms with Crippen LogP contribution in [-0.4, -0.2) is 70.3 Å². The highest BCUT2D eigenvalue weighted by atomic mass is 35.5. The Hall–Kier alpha value is -3.95. The quantitative estimate of drug-likeness (QED) is 0.304. The summed E-state index contributed by atoms with van der Waals surface area (Å²) in [5.41, 5.74) is 1.28. The van der Waals surface area contributed by atoms with Gasteiger partial charge in [-0.15, -0.1) is 0 Å². The van der Waals surface area contributed by atoms with Crippen molar-refractivity contribution in [2.24, 2.45) is 5.92 Å². The van der Waals surface area contributed by atoms with Crippen LogP contribution in [0.15, 0.2) is 60.8 Å². The molecule has 1 aromatic heterocycles. The summed E-state index contributed by atoms with van der Waals surface area (Å²) >= 11 is 5.86. The highest BCUT2D eigenvalue weighted by Gasteiger charge is 2.30. The zero-order valence-electron chi connectivity index (χ0n) is 23.7. The van der Waals surface area contributed by atoms with E-state index in [4.69, 9.17) is 11.6 Å². The van der Waals surface area contributed by atoms with Crippen LogP contribution in [0.2, 0.25) is 5.02 Å². The van der Waals surface area contributed by atoms with E-state index >= 15 is 0 Å². The van der Waals surface area contributed by atoms with Gasteiger partial charge in [-0.25, -0.2) is 4.98 Å². The molecular formula is C32H36ClN5O4. The van der Waals surface area contributed by atoms with Crippen molar-refractivity contribution in [3.8, 4) is 5.75 Å². The highest BCUT2D eigenvalue weighted by molar-refractivity contribution is 6.30. The van der Waals surface area contributed by atoms with Crippen molar-refractivity contribution in [3.05, 3.63) is 82.5 Å². The standard InChI is InChI=1S/C32H36ClN5O4/c1-21-13-16-37(17-14-21)18-19-38-15-3-5-25(32(38)42)22-7-9-23(10-8-22)30(40)36-29-26(4-2-6-27(29)39)31(41)35-28-12-11-24(33)20-34-28/h2,4,6-12,20-21,25,39H,3,5,13-19H2,1H3,(H,36,40)(H,34,35,41). The van der Waals surface area contributed by atoms with Crippen LogP contribution in [0.4, 0.5) is 11.5 Å². The molecule has 0 radical (unpaired) electrons. The number of amides is 3. The maximum atomic E-state index is 13.3. The lowest BCUT2D eigenvalue weighted by molar-refractivity contribution is -0.135. The number of likely N-dealkylation sites (tertiary alicyclic amines) is 2. The number of nitrogens with one attached hydrogen (secondary N) is 2. The maximum absolute atomic E-state index is 13.3. The number of pyridine rings is 1. The van der Waals surface area contributed by atoms with Gasteiger partial charge in [0.15, 0.2) is 0 Å². The highest BCUT2D eigenvalue weighted by Crippen LogP contribution is 2.31. The largest absolute Gasteiger partial charge is 0.506 e. The molecular weight excluding hydrogens is 554 g/mol. The molecule has 3 amide bonds. The van der Waals surface area contributed by atoms with Gasteiger partial charge in [0.2, 0.25) is 5.91 Å². The van der Waals surface area contributed by atoms with Gasteiger partial charge in [-0.3, -0.25) is 14.4 Å². The predicted octanol–water partition coefficient (Wildman–Crippen LogP) is 5.38. The van der Waals surface area contributed by atoms with Gasteiger partial charge in [-0.2, -0.15) is 0 Å². The molecule has 2 fully saturated rings. The first-order valence-electron chi connectivity index (χ1n) is 14.5. The Kier molecular flexibility index (Phi) is 9.39. The van der Waals surface area contributed by atoms with E-state index in [1.165, 1.54) is 37.2 Å². The second-order valence-electron chi connectivity index (χ2n) is 11.1. The van der Waals surface area contributed by atoms with Crippen molar-refractivity contribution in [1.82, 2.24) is 14.8 Å². The molecule has 2 saturated heterocycles. The zero-order valence-corrected chi connectivity index (χ0v) is 24.4. The van der Waals surface area contributed by atoms with E-state index in [9.17, 15) is 19.5 Å². The molecule has 2 aliphatic rings. The molecule has 1 atom stereocenters. The van der Waals surface area contributed by atoms with Gasteiger partial charge in [0.25, 0.3) is 11.8 Å². The van der Waals surface area contributed by atoms with E-state index in [2.05, 4.69) is 27.4 Å². The van der Waals surface area contributed by atoms with Crippen LogP contribution in [0.1, 0.15) is 64.8 Å². The van der Waals surface area contributed by atoms with Gasteiger partial charge in [0.05, 0.1) is 22.2 Å². The number of carbonyl (C=O) groups is 3. The summed E-state index contributed by atoms with van der Waals surface area (Å²) < 4.78 is 0. The summed E-state index contributed by atoms with van der Waals surface area (Å²) in [6.07, 6.45) is 5.56. The fraction of sp³-hybridized carbons (Fsp3) is 0.375. The van der Waals surface area contributed by atoms with E-state index in [1.54, 1.807) is 24.3 Å². The smallest absolute Gasteiger partial charge is 0.259 e. The number of aromatic hydroxyl groups is 1. The molecule has 3 aromatic rings. The third-order valence-corrected chi connectivity index (χ3v) is 8.39. The van der Waals surface area contributed by atoms with E-state index in [0.29, 0.717) is 10.6 Å². The maximum Gasteiger partial charge on any atom is 0.259 e. The van der Waals surface area contributed by atoms with Gasteiger partial charge < -0.3 is 25.5 Å². The Morgan fingerprint density at radius 1 is 0.952 bits per heavy atom. The monoisotopic (exact) mass is 589 g/mol. The van der Waals surface area contributed by atoms with Crippen molar-refractivity contribution in [1.29, 1.82) is 0 Å². The van der Waals surface area contributed by atoms with E-state index in [0.717, 1.165) is 57.0 Å². The minimum absolute atomic E-state index is 0.0145. The van der Waals surface area contributed by atoms with Crippen LogP contribution in [0.3, 0.4) is 0 Å². The third-order valence-electron chi connectivity index (χ3n) is 8.16. The average molecular weight is 590 g/mol. The Morgan fingerprint density at radius 3 is 2.43 bits per heavy atom. The molecule has 2 aliphatic heterocycles. The Balaban J connectivity index is 1.22. The fourth-order valence-electron chi connectivity index (χ4n) is 5.57. The number of benzene rings is 2. The number of nitrogens with zero attached hydrogens (tertiary/aromatic N) is 3. The molecule has 42 heavy (non-hydrogen) atoms. The molecule has 0 saturated carbocycles. The van der Waals surface area contributed by atoms with Gasteiger partial charge in [0, 0.05) is 31.4 Å². The van der Waals surface area contributed by atoms with Crippen LogP contribution in [0, 0.1) is 5.92 Å². The number of rotatable bonds is 8. The lowest BCUT2D eigenvalue weighted by Gasteiger charge is -2.36. The minimum atomic E-state index is -0.554. The molecule has 2 aromatic carbocycles. The lowest BCUT2D eigenvalue weighted by Crippen LogP contribution is -2.45. The summed E-state index contributed by atoms with van der Waals surface area (Å²) in [4.78, 5) is 47.9. The normalized spacial score (nSPS) is 18.1. The zero-order chi connectivity index (χ0) is 29.6. The number of piperidine rings is 2. The number of anilines is 2. The van der Waals surface area contributed by atoms with Crippen LogP contribution in [0.25, 0.3) is 0 Å². The molecule has 0 spiro atoms. The Bertz CT molecular complexity index is 1420. The molecule has 3 heterocycles. The average Bonchev–Trinajstić information content (AvgIpc) is 2.99. The summed E-state index contributed by atoms with van der Waals surface area (Å²) in [5, 5.41) is 16.2. The Labute approximate surface area is 250 Å². The van der Waals surface area contributed by atoms with Gasteiger partial charge >= 0.3 is 0 Å². The first-order chi connectivity index (χ1) is 20.3. The summed E-state index contributed by atoms with van der Waals surface area (Å²) in [5.74, 6) is -0.321. The van der Waals surface area contributed by atoms with Crippen LogP contribution < -0.4 is 10.6 Å². The minimum Gasteiger partial charge on any atom is -0.506 e. The molecule has 5 rings (SSSR count). The fourth-order valence-corrected chi connectivity index (χ4v) is 5.68. The summed E-state index contributed by atoms with van der Waals surface area (Å²) in [6, 6.07) is 14.5. The molecule has 0 bridgehead atoms. The number of hydrogen-bond donors (Lipinski definition) is 3. The molecule has 3 N–H and O–H groups in total. The number of halogens is 1. The van der Waals surface area contributed by atoms with Crippen molar-refractivity contribution in [2.75, 3.05) is 43.4 Å². The van der Waals surface area contributed by atoms with Crippen molar-refractivity contribution in [3.63, 3.8) is 0 Å². The number of aromatic nitrogens is 1. The second-order valence-corrected chi connectivity index (χ2v) is 11.6. The lowest BCUT2D eigenvalue weighted by atomic mass is 9.89. The molecule has 220 valence electrons. The predicted molar refractivity (Wildman–Crippen MR) is 163 cm³/mol. The van der Waals surface area contributed by atoms with Gasteiger partial charge in [-0.1, -0.05) is 36.7 Å². The van der Waals surface area contributed by atoms with Crippen molar-refractivity contribution >= 4 is 40.8 Å². The van der Waals surface area contributed by atoms with Gasteiger partial charge in [0.1, 0.15) is 11.6 Å². The number of phenolic OH excluding ortho intramolecular Hbond substituents is 1. The van der Waals surface area contributed by atoms with Crippen LogP contribution in [0.5, 0.6) is 5.75 Å². The summed E-state index contributed by atoms with van der Waals surface area (Å²) in [6.45, 7) is 6.94. The third kappa shape index (κ3) is 7.09. The first kappa shape index (κ1) is 29.5. The van der Waals surface area contributed by atoms with Crippen molar-refractivity contribution in [2.45, 2.75) is 38.5 Å². The SMILES string of the molecule is CC1CCN(CCN2CCCC(c3ccc(C(=O)Nc4c(O)cccc4C(=O)Nc4ccc(Cl)cn4)cc3)C2=O)CC1. The molecule has 0 aliphatic carbocycles. The number of carbonyl (C=O) groups excluding carboxylic acids is 3. The van der Waals surface area contributed by atoms with Crippen molar-refractivity contribution < 1.29 is 19.5 Å². The Morgan fingerprint density at radius 2 is 1.71 bits per heavy atom. The number of hydrogen-bond acceptors (Lipinski definition) is 6. The molecule has 1 unspecified atom stereocenters. The van der Waals surface area contributed by atoms with Crippen LogP contribution in [-0.2, 0) is 4.79 Å². The first-order valence-corrected chi connectivity index (χ1v) is 14.8. The number of phenols is 1. The molecule has 10 heteroatoms. The van der Waals surface area contributed by atoms with E-state index in [1.807, 2.05) is 17.0 Å². The van der Waals surface area contributed by atoms with E-state index in [-0.39, 0.29) is 34.6 Å². The second kappa shape index (κ2) is 13.4. The number of para-hydroxylation sites is 1. The summed E-state index contributed by atoms with van der Waals surface area (Å²) in [7, 11) is 0. The van der Waals surface area contributed by atoms with Crippen LogP contribution >= 0.6 is 11.6 Å². The van der Waals surface area contributed by atoms with Gasteiger partial charge in [-0.05, 0) is 86.7 Å². The van der Waals surface area contributed by atoms with E-state index < -0.39 is 11.8 Å². The molecule has 9 nitrogen and oxygen atoms in total. The topological polar surface area (TPSA) is 115 Å².